The number of ether oxygens (including phenoxy) is 1. The Hall–Kier alpha value is -0.250. The number of likely N-dealkylation sites (tertiary alicyclic amines) is 1. The van der Waals surface area contributed by atoms with Gasteiger partial charge in [-0.2, -0.15) is 0 Å². The van der Waals surface area contributed by atoms with Gasteiger partial charge < -0.3 is 9.64 Å². The fourth-order valence-corrected chi connectivity index (χ4v) is 3.31. The molecule has 1 saturated heterocycles. The maximum atomic E-state index is 11.9. The number of hydrogen-bond acceptors (Lipinski definition) is 2. The van der Waals surface area contributed by atoms with E-state index >= 15 is 0 Å². The third-order valence-corrected chi connectivity index (χ3v) is 4.18. The maximum absolute atomic E-state index is 11.9. The number of carbonyl (C=O) groups is 1. The van der Waals surface area contributed by atoms with Crippen LogP contribution in [0.3, 0.4) is 0 Å². The van der Waals surface area contributed by atoms with Crippen LogP contribution in [0, 0.1) is 5.92 Å². The number of halogens is 1. The quantitative estimate of drug-likeness (QED) is 0.637. The van der Waals surface area contributed by atoms with Gasteiger partial charge in [0.25, 0.3) is 0 Å². The second-order valence-electron chi connectivity index (χ2n) is 5.41. The van der Waals surface area contributed by atoms with Crippen molar-refractivity contribution in [3.8, 4) is 0 Å². The van der Waals surface area contributed by atoms with Crippen molar-refractivity contribution in [2.24, 2.45) is 5.92 Å². The average Bonchev–Trinajstić information content (AvgIpc) is 2.75. The molecule has 0 unspecified atom stereocenters. The lowest BCUT2D eigenvalue weighted by Crippen LogP contribution is -2.41. The molecule has 2 aliphatic rings. The maximum Gasteiger partial charge on any atom is 0.410 e. The molecule has 1 aliphatic heterocycles. The van der Waals surface area contributed by atoms with E-state index in [1.165, 1.54) is 6.42 Å². The van der Waals surface area contributed by atoms with Gasteiger partial charge in [0.05, 0.1) is 6.04 Å². The molecule has 1 amide bonds. The molecule has 2 fully saturated rings. The Bertz CT molecular complexity index is 274. The largest absolute Gasteiger partial charge is 0.444 e. The van der Waals surface area contributed by atoms with Crippen molar-refractivity contribution < 1.29 is 9.53 Å². The highest BCUT2D eigenvalue weighted by Gasteiger charge is 2.55. The summed E-state index contributed by atoms with van der Waals surface area (Å²) in [6, 6.07) is 0.383. The Morgan fingerprint density at radius 3 is 2.73 bits per heavy atom. The van der Waals surface area contributed by atoms with Crippen molar-refractivity contribution in [2.45, 2.75) is 50.1 Å². The minimum Gasteiger partial charge on any atom is -0.444 e. The molecule has 0 aromatic carbocycles. The van der Waals surface area contributed by atoms with Crippen LogP contribution in [0.5, 0.6) is 0 Å². The highest BCUT2D eigenvalue weighted by atomic mass is 79.9. The Kier molecular flexibility index (Phi) is 2.73. The lowest BCUT2D eigenvalue weighted by atomic mass is 10.1. The predicted octanol–water partition coefficient (Wildman–Crippen LogP) is 2.78. The van der Waals surface area contributed by atoms with Crippen LogP contribution in [-0.2, 0) is 4.74 Å². The van der Waals surface area contributed by atoms with Crippen molar-refractivity contribution >= 4 is 22.0 Å². The van der Waals surface area contributed by atoms with Gasteiger partial charge in [-0.15, -0.1) is 0 Å². The zero-order valence-corrected chi connectivity index (χ0v) is 11.1. The molecule has 3 nitrogen and oxygen atoms in total. The summed E-state index contributed by atoms with van der Waals surface area (Å²) < 4.78 is 5.39. The number of piperidine rings is 1. The Morgan fingerprint density at radius 2 is 2.13 bits per heavy atom. The van der Waals surface area contributed by atoms with Gasteiger partial charge in [0.1, 0.15) is 5.60 Å². The van der Waals surface area contributed by atoms with E-state index in [-0.39, 0.29) is 11.7 Å². The summed E-state index contributed by atoms with van der Waals surface area (Å²) in [5, 5.41) is 0. The standard InChI is InChI=1S/C11H18BrNO2/c1-11(2,3)15-10(14)13-6-4-5-7-8(12)9(7)13/h7-9H,4-6H2,1-3H3/t7-,8-,9-/m1/s1. The fourth-order valence-electron chi connectivity index (χ4n) is 2.23. The van der Waals surface area contributed by atoms with E-state index in [0.717, 1.165) is 13.0 Å². The Balaban J connectivity index is 1.96. The van der Waals surface area contributed by atoms with Crippen LogP contribution in [0.25, 0.3) is 0 Å². The Morgan fingerprint density at radius 1 is 1.47 bits per heavy atom. The van der Waals surface area contributed by atoms with Gasteiger partial charge in [-0.05, 0) is 39.5 Å². The lowest BCUT2D eigenvalue weighted by Gasteiger charge is -2.29. The van der Waals surface area contributed by atoms with E-state index in [1.54, 1.807) is 0 Å². The normalized spacial score (nSPS) is 34.7. The number of rotatable bonds is 0. The second kappa shape index (κ2) is 3.65. The van der Waals surface area contributed by atoms with Gasteiger partial charge >= 0.3 is 6.09 Å². The van der Waals surface area contributed by atoms with E-state index in [9.17, 15) is 4.79 Å². The molecule has 1 heterocycles. The third kappa shape index (κ3) is 2.30. The van der Waals surface area contributed by atoms with Crippen molar-refractivity contribution in [2.75, 3.05) is 6.54 Å². The molecule has 0 N–H and O–H groups in total. The van der Waals surface area contributed by atoms with Crippen LogP contribution < -0.4 is 0 Å². The number of amides is 1. The molecular formula is C11H18BrNO2. The van der Waals surface area contributed by atoms with Crippen molar-refractivity contribution in [3.05, 3.63) is 0 Å². The van der Waals surface area contributed by atoms with E-state index in [0.29, 0.717) is 16.8 Å². The molecule has 0 bridgehead atoms. The molecule has 2 rings (SSSR count). The number of carbonyl (C=O) groups excluding carboxylic acids is 1. The molecule has 4 heteroatoms. The van der Waals surface area contributed by atoms with Crippen LogP contribution in [0.1, 0.15) is 33.6 Å². The van der Waals surface area contributed by atoms with Crippen molar-refractivity contribution in [1.82, 2.24) is 4.90 Å². The molecule has 0 aromatic heterocycles. The molecule has 15 heavy (non-hydrogen) atoms. The zero-order valence-electron chi connectivity index (χ0n) is 9.50. The molecule has 0 radical (unpaired) electrons. The molecule has 0 aromatic rings. The monoisotopic (exact) mass is 275 g/mol. The van der Waals surface area contributed by atoms with E-state index in [4.69, 9.17) is 4.74 Å². The SMILES string of the molecule is CC(C)(C)OC(=O)N1CCC[C@@H]2[C@@H](Br)[C@@H]21. The number of fused-ring (bicyclic) bond motifs is 1. The summed E-state index contributed by atoms with van der Waals surface area (Å²) in [4.78, 5) is 14.3. The molecule has 1 saturated carbocycles. The predicted molar refractivity (Wildman–Crippen MR) is 62.2 cm³/mol. The highest BCUT2D eigenvalue weighted by Crippen LogP contribution is 2.48. The number of nitrogens with zero attached hydrogens (tertiary/aromatic N) is 1. The Labute approximate surface area is 99.3 Å². The first-order valence-electron chi connectivity index (χ1n) is 5.54. The van der Waals surface area contributed by atoms with Crippen LogP contribution >= 0.6 is 15.9 Å². The molecular weight excluding hydrogens is 258 g/mol. The van der Waals surface area contributed by atoms with Crippen LogP contribution in [0.4, 0.5) is 4.79 Å². The summed E-state index contributed by atoms with van der Waals surface area (Å²) in [7, 11) is 0. The van der Waals surface area contributed by atoms with Crippen LogP contribution in [0.2, 0.25) is 0 Å². The molecule has 0 spiro atoms. The van der Waals surface area contributed by atoms with Gasteiger partial charge in [-0.1, -0.05) is 15.9 Å². The van der Waals surface area contributed by atoms with Crippen molar-refractivity contribution in [1.29, 1.82) is 0 Å². The first-order valence-corrected chi connectivity index (χ1v) is 6.45. The van der Waals surface area contributed by atoms with Gasteiger partial charge in [0.2, 0.25) is 0 Å². The topological polar surface area (TPSA) is 29.5 Å². The minimum absolute atomic E-state index is 0.154. The van der Waals surface area contributed by atoms with Crippen molar-refractivity contribution in [3.63, 3.8) is 0 Å². The van der Waals surface area contributed by atoms with E-state index < -0.39 is 0 Å². The molecule has 3 atom stereocenters. The molecule has 86 valence electrons. The summed E-state index contributed by atoms with van der Waals surface area (Å²) >= 11 is 3.61. The number of hydrogen-bond donors (Lipinski definition) is 0. The van der Waals surface area contributed by atoms with E-state index in [2.05, 4.69) is 15.9 Å². The van der Waals surface area contributed by atoms with E-state index in [1.807, 2.05) is 25.7 Å². The van der Waals surface area contributed by atoms with Gasteiger partial charge in [0, 0.05) is 11.4 Å². The van der Waals surface area contributed by atoms with Crippen LogP contribution in [-0.4, -0.2) is 34.0 Å². The smallest absolute Gasteiger partial charge is 0.410 e. The highest BCUT2D eigenvalue weighted by molar-refractivity contribution is 9.09. The van der Waals surface area contributed by atoms with Crippen LogP contribution in [0.15, 0.2) is 0 Å². The first-order chi connectivity index (χ1) is 6.90. The zero-order chi connectivity index (χ0) is 11.2. The summed E-state index contributed by atoms with van der Waals surface area (Å²) in [6.45, 7) is 6.57. The third-order valence-electron chi connectivity index (χ3n) is 2.96. The first kappa shape index (κ1) is 11.2. The van der Waals surface area contributed by atoms with Gasteiger partial charge in [0.15, 0.2) is 0 Å². The average molecular weight is 276 g/mol. The second-order valence-corrected chi connectivity index (χ2v) is 6.47. The lowest BCUT2D eigenvalue weighted by molar-refractivity contribution is 0.0195. The van der Waals surface area contributed by atoms with Gasteiger partial charge in [-0.25, -0.2) is 4.79 Å². The molecule has 1 aliphatic carbocycles. The number of alkyl halides is 1. The summed E-state index contributed by atoms with van der Waals surface area (Å²) in [5.41, 5.74) is -0.388. The summed E-state index contributed by atoms with van der Waals surface area (Å²) in [6.07, 6.45) is 2.18. The van der Waals surface area contributed by atoms with Gasteiger partial charge in [-0.3, -0.25) is 0 Å². The summed E-state index contributed by atoms with van der Waals surface area (Å²) in [5.74, 6) is 0.659. The minimum atomic E-state index is -0.388. The fraction of sp³-hybridized carbons (Fsp3) is 0.909.